The predicted molar refractivity (Wildman–Crippen MR) is 152 cm³/mol. The van der Waals surface area contributed by atoms with E-state index in [0.29, 0.717) is 29.7 Å². The van der Waals surface area contributed by atoms with Crippen LogP contribution < -0.4 is 20.9 Å². The second kappa shape index (κ2) is 13.1. The van der Waals surface area contributed by atoms with E-state index in [1.807, 2.05) is 19.0 Å². The molecule has 0 aromatic heterocycles. The summed E-state index contributed by atoms with van der Waals surface area (Å²) in [7, 11) is 3.70. The van der Waals surface area contributed by atoms with E-state index in [-0.39, 0.29) is 59.2 Å². The molecule has 1 aliphatic heterocycles. The molecule has 1 aliphatic rings. The molecule has 5 N–H and O–H groups in total. The molecule has 10 heteroatoms. The van der Waals surface area contributed by atoms with Crippen molar-refractivity contribution in [2.45, 2.75) is 24.9 Å². The normalized spacial score (nSPS) is 16.8. The van der Waals surface area contributed by atoms with Gasteiger partial charge in [0.2, 0.25) is 0 Å². The van der Waals surface area contributed by atoms with E-state index >= 15 is 0 Å². The standard InChI is InChI=1S/C29H32N4O5.ClH/c1-33(2)21-11-14-26(35)23(16-21)27(36)18-5-7-19(8-6-18)28(37)31-24-4-3-15-30-17-25(24)32-29(38)20-9-12-22(34)13-10-20;/h5-14,16,24-25,30,34-35H,3-4,15,17H2,1-2H3,(H,31,37)(H,32,38);1H/t24-,25-;/m1./s1. The van der Waals surface area contributed by atoms with Crippen molar-refractivity contribution in [2.24, 2.45) is 0 Å². The van der Waals surface area contributed by atoms with Crippen molar-refractivity contribution in [3.63, 3.8) is 0 Å². The number of halogens is 1. The third kappa shape index (κ3) is 7.28. The SMILES string of the molecule is CN(C)c1ccc(O)c(C(=O)c2ccc(C(=O)N[C@@H]3CCCNC[C@H]3NC(=O)c3ccc(O)cc3)cc2)c1.Cl. The predicted octanol–water partition coefficient (Wildman–Crippen LogP) is 3.10. The summed E-state index contributed by atoms with van der Waals surface area (Å²) in [6.45, 7) is 1.27. The average Bonchev–Trinajstić information content (AvgIpc) is 3.13. The lowest BCUT2D eigenvalue weighted by molar-refractivity contribution is 0.0882. The second-order valence-electron chi connectivity index (χ2n) is 9.56. The Morgan fingerprint density at radius 3 is 2.00 bits per heavy atom. The van der Waals surface area contributed by atoms with Crippen LogP contribution in [0.3, 0.4) is 0 Å². The molecule has 1 heterocycles. The van der Waals surface area contributed by atoms with Gasteiger partial charge < -0.3 is 31.1 Å². The molecule has 0 saturated carbocycles. The number of hydrogen-bond acceptors (Lipinski definition) is 7. The Labute approximate surface area is 233 Å². The van der Waals surface area contributed by atoms with E-state index in [2.05, 4.69) is 16.0 Å². The highest BCUT2D eigenvalue weighted by Gasteiger charge is 2.27. The second-order valence-corrected chi connectivity index (χ2v) is 9.56. The van der Waals surface area contributed by atoms with Crippen molar-refractivity contribution in [3.05, 3.63) is 89.0 Å². The zero-order valence-corrected chi connectivity index (χ0v) is 22.6. The van der Waals surface area contributed by atoms with Crippen LogP contribution in [0.4, 0.5) is 5.69 Å². The number of nitrogens with one attached hydrogen (secondary N) is 3. The summed E-state index contributed by atoms with van der Waals surface area (Å²) in [6.07, 6.45) is 1.51. The molecule has 2 amide bonds. The molecule has 0 unspecified atom stereocenters. The number of nitrogens with zero attached hydrogens (tertiary/aromatic N) is 1. The molecule has 3 aromatic carbocycles. The molecule has 0 bridgehead atoms. The van der Waals surface area contributed by atoms with Gasteiger partial charge in [-0.15, -0.1) is 12.4 Å². The Morgan fingerprint density at radius 1 is 0.821 bits per heavy atom. The van der Waals surface area contributed by atoms with Crippen molar-refractivity contribution in [2.75, 3.05) is 32.1 Å². The average molecular weight is 553 g/mol. The molecular weight excluding hydrogens is 520 g/mol. The molecule has 9 nitrogen and oxygen atoms in total. The first-order valence-electron chi connectivity index (χ1n) is 12.5. The minimum Gasteiger partial charge on any atom is -0.508 e. The number of aromatic hydroxyl groups is 2. The summed E-state index contributed by atoms with van der Waals surface area (Å²) >= 11 is 0. The van der Waals surface area contributed by atoms with Gasteiger partial charge in [-0.1, -0.05) is 12.1 Å². The molecule has 4 rings (SSSR count). The van der Waals surface area contributed by atoms with Gasteiger partial charge in [-0.05, 0) is 74.0 Å². The third-order valence-corrected chi connectivity index (χ3v) is 6.63. The first-order chi connectivity index (χ1) is 18.2. The first-order valence-corrected chi connectivity index (χ1v) is 12.5. The minimum absolute atomic E-state index is 0. The molecule has 0 aliphatic carbocycles. The maximum Gasteiger partial charge on any atom is 0.251 e. The maximum atomic E-state index is 13.1. The number of phenols is 2. The number of hydrogen-bond donors (Lipinski definition) is 5. The van der Waals surface area contributed by atoms with Gasteiger partial charge >= 0.3 is 0 Å². The van der Waals surface area contributed by atoms with Crippen molar-refractivity contribution < 1.29 is 24.6 Å². The Balaban J connectivity index is 0.00000420. The zero-order chi connectivity index (χ0) is 27.2. The molecule has 0 radical (unpaired) electrons. The maximum absolute atomic E-state index is 13.1. The summed E-state index contributed by atoms with van der Waals surface area (Å²) < 4.78 is 0. The quantitative estimate of drug-likeness (QED) is 0.285. The van der Waals surface area contributed by atoms with Crippen molar-refractivity contribution in [3.8, 4) is 11.5 Å². The van der Waals surface area contributed by atoms with Gasteiger partial charge in [-0.25, -0.2) is 0 Å². The van der Waals surface area contributed by atoms with E-state index < -0.39 is 0 Å². The number of ketones is 1. The highest BCUT2D eigenvalue weighted by molar-refractivity contribution is 6.11. The highest BCUT2D eigenvalue weighted by atomic mass is 35.5. The fourth-order valence-electron chi connectivity index (χ4n) is 4.40. The van der Waals surface area contributed by atoms with Crippen molar-refractivity contribution >= 4 is 35.7 Å². The van der Waals surface area contributed by atoms with Crippen LogP contribution >= 0.6 is 12.4 Å². The van der Waals surface area contributed by atoms with E-state index in [1.54, 1.807) is 48.5 Å². The van der Waals surface area contributed by atoms with Crippen LogP contribution in [-0.2, 0) is 0 Å². The number of anilines is 1. The fraction of sp³-hybridized carbons (Fsp3) is 0.276. The van der Waals surface area contributed by atoms with E-state index in [4.69, 9.17) is 0 Å². The largest absolute Gasteiger partial charge is 0.508 e. The number of carbonyl (C=O) groups excluding carboxylic acids is 3. The Hall–Kier alpha value is -4.08. The summed E-state index contributed by atoms with van der Waals surface area (Å²) in [5.41, 5.74) is 2.12. The van der Waals surface area contributed by atoms with Crippen LogP contribution in [0.2, 0.25) is 0 Å². The van der Waals surface area contributed by atoms with Crippen molar-refractivity contribution in [1.82, 2.24) is 16.0 Å². The Bertz CT molecular complexity index is 1310. The number of phenolic OH excluding ortho intramolecular Hbond substituents is 2. The van der Waals surface area contributed by atoms with Crippen molar-refractivity contribution in [1.29, 1.82) is 0 Å². The van der Waals surface area contributed by atoms with E-state index in [9.17, 15) is 24.6 Å². The zero-order valence-electron chi connectivity index (χ0n) is 21.8. The van der Waals surface area contributed by atoms with Gasteiger partial charge in [-0.2, -0.15) is 0 Å². The summed E-state index contributed by atoms with van der Waals surface area (Å²) in [6, 6.07) is 16.5. The van der Waals surface area contributed by atoms with E-state index in [0.717, 1.165) is 18.7 Å². The van der Waals surface area contributed by atoms with Gasteiger partial charge in [0.1, 0.15) is 11.5 Å². The van der Waals surface area contributed by atoms with Gasteiger partial charge in [0.25, 0.3) is 11.8 Å². The summed E-state index contributed by atoms with van der Waals surface area (Å²) in [5, 5.41) is 29.0. The number of amides is 2. The minimum atomic E-state index is -0.343. The molecule has 0 spiro atoms. The number of rotatable bonds is 7. The smallest absolute Gasteiger partial charge is 0.251 e. The Morgan fingerprint density at radius 2 is 1.38 bits per heavy atom. The van der Waals surface area contributed by atoms with Crippen LogP contribution in [0, 0.1) is 0 Å². The van der Waals surface area contributed by atoms with Gasteiger partial charge in [-0.3, -0.25) is 14.4 Å². The van der Waals surface area contributed by atoms with Crippen LogP contribution in [0.25, 0.3) is 0 Å². The molecule has 206 valence electrons. The van der Waals surface area contributed by atoms with Crippen LogP contribution in [-0.4, -0.2) is 67.1 Å². The number of benzene rings is 3. The monoisotopic (exact) mass is 552 g/mol. The van der Waals surface area contributed by atoms with Crippen LogP contribution in [0.1, 0.15) is 49.5 Å². The third-order valence-electron chi connectivity index (χ3n) is 6.63. The lowest BCUT2D eigenvalue weighted by atomic mass is 9.99. The summed E-state index contributed by atoms with van der Waals surface area (Å²) in [4.78, 5) is 40.7. The fourth-order valence-corrected chi connectivity index (χ4v) is 4.40. The lowest BCUT2D eigenvalue weighted by Crippen LogP contribution is -2.54. The van der Waals surface area contributed by atoms with Crippen LogP contribution in [0.15, 0.2) is 66.7 Å². The molecule has 3 aromatic rings. The topological polar surface area (TPSA) is 131 Å². The van der Waals surface area contributed by atoms with Gasteiger partial charge in [0.15, 0.2) is 5.78 Å². The molecule has 1 fully saturated rings. The van der Waals surface area contributed by atoms with Gasteiger partial charge in [0.05, 0.1) is 17.6 Å². The summed E-state index contributed by atoms with van der Waals surface area (Å²) in [5.74, 6) is -0.969. The molecule has 1 saturated heterocycles. The lowest BCUT2D eigenvalue weighted by Gasteiger charge is -2.27. The molecule has 2 atom stereocenters. The first kappa shape index (κ1) is 29.5. The van der Waals surface area contributed by atoms with E-state index in [1.165, 1.54) is 18.2 Å². The van der Waals surface area contributed by atoms with Gasteiger partial charge in [0, 0.05) is 43.0 Å². The van der Waals surface area contributed by atoms with Crippen LogP contribution in [0.5, 0.6) is 11.5 Å². The highest BCUT2D eigenvalue weighted by Crippen LogP contribution is 2.26. The molecular formula is C29H33ClN4O5. The molecule has 39 heavy (non-hydrogen) atoms. The number of carbonyl (C=O) groups is 3. The Kier molecular flexibility index (Phi) is 9.92.